The van der Waals surface area contributed by atoms with Gasteiger partial charge in [-0.05, 0) is 43.6 Å². The number of nitrogens with two attached hydrogens (primary N) is 1. The number of ether oxygens (including phenoxy) is 1. The highest BCUT2D eigenvalue weighted by atomic mass is 19.4. The number of alkyl halides is 9. The average Bonchev–Trinajstić information content (AvgIpc) is 3.96. The molecular formula is C34H45F9N4O11. The monoisotopic (exact) mass is 856 g/mol. The Labute approximate surface area is 325 Å². The number of nitrogens with one attached hydrogen (secondary N) is 2. The minimum absolute atomic E-state index is 0.137. The van der Waals surface area contributed by atoms with E-state index >= 15 is 0 Å². The van der Waals surface area contributed by atoms with Crippen LogP contribution in [0, 0.1) is 11.8 Å². The molecule has 1 unspecified atom stereocenters. The van der Waals surface area contributed by atoms with Gasteiger partial charge in [-0.2, -0.15) is 39.5 Å². The van der Waals surface area contributed by atoms with Crippen molar-refractivity contribution in [3.63, 3.8) is 0 Å². The average molecular weight is 857 g/mol. The van der Waals surface area contributed by atoms with Gasteiger partial charge in [0.1, 0.15) is 12.1 Å². The van der Waals surface area contributed by atoms with E-state index in [0.717, 1.165) is 31.2 Å². The van der Waals surface area contributed by atoms with Gasteiger partial charge in [-0.15, -0.1) is 0 Å². The molecule has 1 aromatic rings. The molecule has 24 heteroatoms. The maximum Gasteiger partial charge on any atom is 0.490 e. The Morgan fingerprint density at radius 1 is 0.759 bits per heavy atom. The number of aliphatic carboxylic acids is 3. The van der Waals surface area contributed by atoms with Gasteiger partial charge in [-0.25, -0.2) is 14.4 Å². The van der Waals surface area contributed by atoms with E-state index in [4.69, 9.17) is 40.2 Å². The van der Waals surface area contributed by atoms with Crippen molar-refractivity contribution in [2.24, 2.45) is 17.6 Å². The second kappa shape index (κ2) is 24.6. The first-order chi connectivity index (χ1) is 26.6. The second-order valence-electron chi connectivity index (χ2n) is 12.8. The lowest BCUT2D eigenvalue weighted by Gasteiger charge is -2.34. The zero-order valence-corrected chi connectivity index (χ0v) is 31.1. The lowest BCUT2D eigenvalue weighted by Crippen LogP contribution is -2.57. The van der Waals surface area contributed by atoms with Crippen molar-refractivity contribution >= 4 is 41.6 Å². The first-order valence-electron chi connectivity index (χ1n) is 17.3. The highest BCUT2D eigenvalue weighted by molar-refractivity contribution is 5.93. The van der Waals surface area contributed by atoms with Crippen molar-refractivity contribution in [1.82, 2.24) is 15.5 Å². The minimum Gasteiger partial charge on any atom is -0.475 e. The number of carboxylic acid groups (broad SMARTS) is 3. The molecule has 2 fully saturated rings. The largest absolute Gasteiger partial charge is 0.490 e. The lowest BCUT2D eigenvalue weighted by atomic mass is 9.96. The van der Waals surface area contributed by atoms with Gasteiger partial charge in [-0.3, -0.25) is 19.2 Å². The van der Waals surface area contributed by atoms with Crippen molar-refractivity contribution in [1.29, 1.82) is 0 Å². The van der Waals surface area contributed by atoms with Crippen LogP contribution in [0.2, 0.25) is 0 Å². The Bertz CT molecular complexity index is 1440. The molecule has 2 aliphatic rings. The third-order valence-corrected chi connectivity index (χ3v) is 8.06. The number of piperidine rings is 1. The number of benzene rings is 1. The Balaban J connectivity index is 0.00000126. The van der Waals surface area contributed by atoms with Crippen LogP contribution in [0.25, 0.3) is 0 Å². The fraction of sp³-hybridized carbons (Fsp3) is 0.618. The quantitative estimate of drug-likeness (QED) is 0.123. The van der Waals surface area contributed by atoms with Gasteiger partial charge in [-0.1, -0.05) is 62.9 Å². The number of likely N-dealkylation sites (tertiary alicyclic amines) is 1. The maximum absolute atomic E-state index is 13.4. The first-order valence-corrected chi connectivity index (χ1v) is 17.3. The van der Waals surface area contributed by atoms with E-state index in [-0.39, 0.29) is 29.6 Å². The van der Waals surface area contributed by atoms with Crippen LogP contribution in [0.5, 0.6) is 0 Å². The van der Waals surface area contributed by atoms with Gasteiger partial charge in [0.05, 0.1) is 19.1 Å². The van der Waals surface area contributed by atoms with Crippen LogP contribution in [-0.4, -0.2) is 119 Å². The van der Waals surface area contributed by atoms with E-state index in [1.165, 1.54) is 7.11 Å². The second-order valence-corrected chi connectivity index (χ2v) is 12.8. The first kappa shape index (κ1) is 52.8. The molecular weight excluding hydrogens is 811 g/mol. The lowest BCUT2D eigenvalue weighted by molar-refractivity contribution is -0.193. The number of nitrogens with zero attached hydrogens (tertiary/aromatic N) is 1. The number of hydrogen-bond acceptors (Lipinski definition) is 9. The molecule has 1 aromatic carbocycles. The number of esters is 1. The van der Waals surface area contributed by atoms with Crippen molar-refractivity contribution in [3.05, 3.63) is 35.9 Å². The predicted molar refractivity (Wildman–Crippen MR) is 181 cm³/mol. The van der Waals surface area contributed by atoms with Crippen LogP contribution < -0.4 is 16.4 Å². The molecule has 1 saturated carbocycles. The van der Waals surface area contributed by atoms with Crippen molar-refractivity contribution < 1.29 is 93.1 Å². The molecule has 1 aliphatic heterocycles. The predicted octanol–water partition coefficient (Wildman–Crippen LogP) is 3.83. The summed E-state index contributed by atoms with van der Waals surface area (Å²) < 4.78 is 100. The summed E-state index contributed by atoms with van der Waals surface area (Å²) in [6, 6.07) is 7.36. The number of carboxylic acids is 3. The number of rotatable bonds is 13. The van der Waals surface area contributed by atoms with E-state index in [1.807, 2.05) is 37.3 Å². The Hall–Kier alpha value is -5.16. The van der Waals surface area contributed by atoms with Crippen molar-refractivity contribution in [2.45, 2.75) is 101 Å². The van der Waals surface area contributed by atoms with Crippen LogP contribution in [0.3, 0.4) is 0 Å². The van der Waals surface area contributed by atoms with Gasteiger partial charge >= 0.3 is 42.4 Å². The van der Waals surface area contributed by atoms with E-state index in [0.29, 0.717) is 51.1 Å². The number of halogens is 9. The number of methoxy groups -OCH3 is 1. The molecule has 3 atom stereocenters. The van der Waals surface area contributed by atoms with Crippen LogP contribution in [0.15, 0.2) is 30.3 Å². The summed E-state index contributed by atoms with van der Waals surface area (Å²) in [7, 11) is 1.38. The molecule has 3 rings (SSSR count). The van der Waals surface area contributed by atoms with Gasteiger partial charge in [0.15, 0.2) is 0 Å². The zero-order chi connectivity index (χ0) is 45.0. The molecule has 0 bridgehead atoms. The molecule has 0 spiro atoms. The summed E-state index contributed by atoms with van der Waals surface area (Å²) in [5.41, 5.74) is 7.12. The van der Waals surface area contributed by atoms with E-state index in [1.54, 1.807) is 4.90 Å². The van der Waals surface area contributed by atoms with Gasteiger partial charge < -0.3 is 41.3 Å². The van der Waals surface area contributed by atoms with E-state index < -0.39 is 54.6 Å². The Morgan fingerprint density at radius 3 is 1.57 bits per heavy atom. The van der Waals surface area contributed by atoms with Crippen LogP contribution in [-0.2, 0) is 44.7 Å². The fourth-order valence-electron chi connectivity index (χ4n) is 4.82. The molecule has 15 nitrogen and oxygen atoms in total. The van der Waals surface area contributed by atoms with Crippen LogP contribution in [0.4, 0.5) is 39.5 Å². The smallest absolute Gasteiger partial charge is 0.475 e. The molecule has 7 N–H and O–H groups in total. The number of carbonyl (C=O) groups is 7. The number of unbranched alkanes of at least 4 members (excludes halogenated alkanes) is 1. The molecule has 330 valence electrons. The standard InChI is InChI=1S/C28H42N4O5.3C2HF3O2/c1-3-4-10-23(27(35)32-15-13-21(14-16-32)28(36)37-2)30-26(34)24(18-20-11-12-20)31-25(33)22(29)17-19-8-6-5-7-9-19;3*3-2(4,5)1(6)7/h5-9,20-24H,3-4,10-18,29H2,1-2H3,(H,30,34)(H,31,33);3*(H,6,7)/t22-,23?,24-;;;/m1.../s1. The molecule has 0 aromatic heterocycles. The minimum atomic E-state index is -5.08. The summed E-state index contributed by atoms with van der Waals surface area (Å²) in [6.45, 7) is 2.94. The Kier molecular flexibility index (Phi) is 22.4. The third-order valence-electron chi connectivity index (χ3n) is 8.06. The fourth-order valence-corrected chi connectivity index (χ4v) is 4.82. The molecule has 58 heavy (non-hydrogen) atoms. The molecule has 0 radical (unpaired) electrons. The summed E-state index contributed by atoms with van der Waals surface area (Å²) in [6.07, 6.45) is -8.98. The number of carbonyl (C=O) groups excluding carboxylic acids is 4. The van der Waals surface area contributed by atoms with Crippen LogP contribution >= 0.6 is 0 Å². The maximum atomic E-state index is 13.4. The molecule has 1 aliphatic carbocycles. The van der Waals surface area contributed by atoms with Gasteiger partial charge in [0.2, 0.25) is 17.7 Å². The van der Waals surface area contributed by atoms with Crippen molar-refractivity contribution in [2.75, 3.05) is 20.2 Å². The van der Waals surface area contributed by atoms with Gasteiger partial charge in [0, 0.05) is 13.1 Å². The number of amides is 3. The molecule has 3 amide bonds. The Morgan fingerprint density at radius 2 is 1.19 bits per heavy atom. The van der Waals surface area contributed by atoms with E-state index in [2.05, 4.69) is 10.6 Å². The topological polar surface area (TPSA) is 243 Å². The highest BCUT2D eigenvalue weighted by Gasteiger charge is 2.40. The highest BCUT2D eigenvalue weighted by Crippen LogP contribution is 2.33. The van der Waals surface area contributed by atoms with Crippen LogP contribution in [0.1, 0.15) is 63.9 Å². The number of hydrogen-bond donors (Lipinski definition) is 6. The van der Waals surface area contributed by atoms with Crippen molar-refractivity contribution in [3.8, 4) is 0 Å². The summed E-state index contributed by atoms with van der Waals surface area (Å²) in [4.78, 5) is 79.9. The molecule has 1 heterocycles. The normalized spacial score (nSPS) is 15.8. The SMILES string of the molecule is CCCCC(NC(=O)[C@@H](CC1CC1)NC(=O)[C@H](N)Cc1ccccc1)C(=O)N1CCC(C(=O)OC)CC1.O=C(O)C(F)(F)F.O=C(O)C(F)(F)F.O=C(O)C(F)(F)F. The third kappa shape index (κ3) is 22.0. The summed E-state index contributed by atoms with van der Waals surface area (Å²) in [5, 5.41) is 27.2. The zero-order valence-electron chi connectivity index (χ0n) is 31.1. The summed E-state index contributed by atoms with van der Waals surface area (Å²) >= 11 is 0. The molecule has 1 saturated heterocycles. The van der Waals surface area contributed by atoms with E-state index in [9.17, 15) is 58.7 Å². The summed E-state index contributed by atoms with van der Waals surface area (Å²) in [5.74, 6) is -9.17. The van der Waals surface area contributed by atoms with Gasteiger partial charge in [0.25, 0.3) is 0 Å².